The van der Waals surface area contributed by atoms with Gasteiger partial charge in [0.25, 0.3) is 0 Å². The van der Waals surface area contributed by atoms with E-state index in [-0.39, 0.29) is 0 Å². The lowest BCUT2D eigenvalue weighted by Gasteiger charge is -2.05. The maximum absolute atomic E-state index is 9.79. The molecule has 0 aromatic carbocycles. The van der Waals surface area contributed by atoms with E-state index >= 15 is 0 Å². The molecule has 0 aliphatic carbocycles. The number of fused-ring (bicyclic) bond motifs is 2. The van der Waals surface area contributed by atoms with E-state index < -0.39 is 0 Å². The SMILES string of the molecule is CCSc1c(SSc2c(SCC)c(C#N)n3ccccc23)c2ccccn2c1C#N. The Bertz CT molecular complexity index is 1200. The predicted molar refractivity (Wildman–Crippen MR) is 129 cm³/mol. The van der Waals surface area contributed by atoms with Gasteiger partial charge in [-0.2, -0.15) is 10.5 Å². The van der Waals surface area contributed by atoms with Gasteiger partial charge in [-0.15, -0.1) is 23.5 Å². The number of hydrogen-bond donors (Lipinski definition) is 0. The summed E-state index contributed by atoms with van der Waals surface area (Å²) in [5.41, 5.74) is 3.44. The second-order valence-electron chi connectivity index (χ2n) is 6.18. The van der Waals surface area contributed by atoms with Crippen LogP contribution in [0.15, 0.2) is 68.4 Å². The highest BCUT2D eigenvalue weighted by atomic mass is 33.1. The van der Waals surface area contributed by atoms with Gasteiger partial charge >= 0.3 is 0 Å². The molecule has 4 aromatic rings. The maximum Gasteiger partial charge on any atom is 0.139 e. The molecule has 0 aliphatic heterocycles. The molecule has 0 aliphatic rings. The average molecular weight is 467 g/mol. The fourth-order valence-electron chi connectivity index (χ4n) is 3.32. The number of hydrogen-bond acceptors (Lipinski definition) is 6. The number of nitriles is 2. The molecule has 0 bridgehead atoms. The Balaban J connectivity index is 1.84. The molecule has 4 aromatic heterocycles. The second kappa shape index (κ2) is 9.36. The summed E-state index contributed by atoms with van der Waals surface area (Å²) in [7, 11) is 3.34. The van der Waals surface area contributed by atoms with Crippen molar-refractivity contribution in [2.75, 3.05) is 11.5 Å². The average Bonchev–Trinajstić information content (AvgIpc) is 3.24. The van der Waals surface area contributed by atoms with Gasteiger partial charge in [0.2, 0.25) is 0 Å². The largest absolute Gasteiger partial charge is 0.306 e. The van der Waals surface area contributed by atoms with Gasteiger partial charge in [0, 0.05) is 12.4 Å². The van der Waals surface area contributed by atoms with Gasteiger partial charge in [0.05, 0.1) is 30.6 Å². The van der Waals surface area contributed by atoms with Gasteiger partial charge < -0.3 is 8.80 Å². The zero-order valence-corrected chi connectivity index (χ0v) is 19.7. The smallest absolute Gasteiger partial charge is 0.139 e. The topological polar surface area (TPSA) is 56.4 Å². The Morgan fingerprint density at radius 1 is 0.700 bits per heavy atom. The first-order chi connectivity index (χ1) is 14.7. The van der Waals surface area contributed by atoms with Crippen LogP contribution in [0.1, 0.15) is 25.2 Å². The first kappa shape index (κ1) is 21.1. The zero-order valence-electron chi connectivity index (χ0n) is 16.5. The van der Waals surface area contributed by atoms with Gasteiger partial charge in [0.1, 0.15) is 23.5 Å². The van der Waals surface area contributed by atoms with Crippen LogP contribution in [0.25, 0.3) is 11.0 Å². The Labute approximate surface area is 192 Å². The van der Waals surface area contributed by atoms with Crippen LogP contribution in [0.4, 0.5) is 0 Å². The summed E-state index contributed by atoms with van der Waals surface area (Å²) in [6.07, 6.45) is 3.89. The molecule has 0 saturated heterocycles. The van der Waals surface area contributed by atoms with E-state index in [2.05, 4.69) is 38.1 Å². The van der Waals surface area contributed by atoms with E-state index in [4.69, 9.17) is 0 Å². The summed E-state index contributed by atoms with van der Waals surface area (Å²) in [5, 5.41) is 19.6. The van der Waals surface area contributed by atoms with Crippen LogP contribution in [0.5, 0.6) is 0 Å². The van der Waals surface area contributed by atoms with Crippen LogP contribution in [0, 0.1) is 22.7 Å². The Morgan fingerprint density at radius 2 is 1.13 bits per heavy atom. The Hall–Kier alpha value is -2.10. The third-order valence-corrected chi connectivity index (χ3v) is 9.21. The van der Waals surface area contributed by atoms with Crippen molar-refractivity contribution in [3.8, 4) is 12.1 Å². The minimum atomic E-state index is 0.683. The molecule has 0 radical (unpaired) electrons. The number of pyridine rings is 2. The van der Waals surface area contributed by atoms with Gasteiger partial charge in [-0.3, -0.25) is 0 Å². The summed E-state index contributed by atoms with van der Waals surface area (Å²) in [4.78, 5) is 4.25. The van der Waals surface area contributed by atoms with Gasteiger partial charge in [-0.25, -0.2) is 0 Å². The van der Waals surface area contributed by atoms with Crippen LogP contribution in [-0.2, 0) is 0 Å². The molecule has 0 unspecified atom stereocenters. The monoisotopic (exact) mass is 466 g/mol. The standard InChI is InChI=1S/C22H18N4S4/c1-3-27-19-17(13-23)25-11-7-5-9-15(25)21(19)29-30-22-16-10-6-8-12-26(16)18(14-24)20(22)28-4-2/h5-12H,3-4H2,1-2H3. The molecular weight excluding hydrogens is 449 g/mol. The van der Waals surface area contributed by atoms with Crippen molar-refractivity contribution in [2.45, 2.75) is 33.4 Å². The molecule has 0 spiro atoms. The maximum atomic E-state index is 9.79. The van der Waals surface area contributed by atoms with Crippen LogP contribution in [0.2, 0.25) is 0 Å². The van der Waals surface area contributed by atoms with Crippen molar-refractivity contribution >= 4 is 56.1 Å². The third-order valence-electron chi connectivity index (χ3n) is 4.51. The van der Waals surface area contributed by atoms with Crippen molar-refractivity contribution in [3.05, 3.63) is 60.2 Å². The Morgan fingerprint density at radius 3 is 1.50 bits per heavy atom. The molecule has 4 rings (SSSR count). The first-order valence-electron chi connectivity index (χ1n) is 9.41. The van der Waals surface area contributed by atoms with E-state index in [1.165, 1.54) is 0 Å². The molecule has 0 amide bonds. The molecule has 0 atom stereocenters. The molecular formula is C22H18N4S4. The van der Waals surface area contributed by atoms with E-state index in [1.807, 2.05) is 45.5 Å². The van der Waals surface area contributed by atoms with Crippen molar-refractivity contribution in [3.63, 3.8) is 0 Å². The molecule has 4 nitrogen and oxygen atoms in total. The summed E-state index contributed by atoms with van der Waals surface area (Å²) in [5.74, 6) is 1.79. The molecule has 0 saturated carbocycles. The summed E-state index contributed by atoms with van der Waals surface area (Å²) < 4.78 is 3.95. The van der Waals surface area contributed by atoms with Crippen LogP contribution >= 0.6 is 45.1 Å². The fraction of sp³-hybridized carbons (Fsp3) is 0.182. The minimum absolute atomic E-state index is 0.683. The zero-order chi connectivity index (χ0) is 21.1. The van der Waals surface area contributed by atoms with Crippen LogP contribution in [0.3, 0.4) is 0 Å². The summed E-state index contributed by atoms with van der Waals surface area (Å²) >= 11 is 3.40. The normalized spacial score (nSPS) is 11.1. The summed E-state index contributed by atoms with van der Waals surface area (Å²) in [6, 6.07) is 16.8. The van der Waals surface area contributed by atoms with Gasteiger partial charge in [-0.1, -0.05) is 26.0 Å². The fourth-order valence-corrected chi connectivity index (χ4v) is 8.38. The first-order valence-corrected chi connectivity index (χ1v) is 13.5. The Kier molecular flexibility index (Phi) is 6.60. The number of nitrogens with zero attached hydrogens (tertiary/aromatic N) is 4. The number of thioether (sulfide) groups is 2. The lowest BCUT2D eigenvalue weighted by atomic mass is 10.4. The molecule has 0 fully saturated rings. The van der Waals surface area contributed by atoms with E-state index in [0.29, 0.717) is 11.4 Å². The minimum Gasteiger partial charge on any atom is -0.306 e. The highest BCUT2D eigenvalue weighted by Crippen LogP contribution is 2.50. The molecule has 0 N–H and O–H groups in total. The highest BCUT2D eigenvalue weighted by molar-refractivity contribution is 8.76. The van der Waals surface area contributed by atoms with E-state index in [9.17, 15) is 10.5 Å². The highest BCUT2D eigenvalue weighted by Gasteiger charge is 2.23. The lowest BCUT2D eigenvalue weighted by molar-refractivity contribution is 1.13. The number of rotatable bonds is 7. The molecule has 150 valence electrons. The van der Waals surface area contributed by atoms with Gasteiger partial charge in [0.15, 0.2) is 0 Å². The van der Waals surface area contributed by atoms with E-state index in [1.54, 1.807) is 45.1 Å². The summed E-state index contributed by atoms with van der Waals surface area (Å²) in [6.45, 7) is 4.21. The van der Waals surface area contributed by atoms with E-state index in [0.717, 1.165) is 42.1 Å². The van der Waals surface area contributed by atoms with Crippen molar-refractivity contribution in [2.24, 2.45) is 0 Å². The van der Waals surface area contributed by atoms with Crippen molar-refractivity contribution < 1.29 is 0 Å². The number of aromatic nitrogens is 2. The quantitative estimate of drug-likeness (QED) is 0.217. The van der Waals surface area contributed by atoms with Gasteiger partial charge in [-0.05, 0) is 57.4 Å². The van der Waals surface area contributed by atoms with Crippen molar-refractivity contribution in [1.82, 2.24) is 8.80 Å². The molecule has 30 heavy (non-hydrogen) atoms. The van der Waals surface area contributed by atoms with Crippen molar-refractivity contribution in [1.29, 1.82) is 10.5 Å². The van der Waals surface area contributed by atoms with Crippen LogP contribution < -0.4 is 0 Å². The molecule has 4 heterocycles. The lowest BCUT2D eigenvalue weighted by Crippen LogP contribution is -1.86. The predicted octanol–water partition coefficient (Wildman–Crippen LogP) is 6.96. The molecule has 8 heteroatoms. The third kappa shape index (κ3) is 3.59. The van der Waals surface area contributed by atoms with Crippen LogP contribution in [-0.4, -0.2) is 20.3 Å². The second-order valence-corrected chi connectivity index (χ2v) is 10.9.